The second-order valence-electron chi connectivity index (χ2n) is 8.25. The van der Waals surface area contributed by atoms with E-state index < -0.39 is 0 Å². The van der Waals surface area contributed by atoms with Gasteiger partial charge in [0.2, 0.25) is 12.3 Å². The number of aromatic amines is 1. The lowest BCUT2D eigenvalue weighted by Crippen LogP contribution is -2.43. The molecule has 0 bridgehead atoms. The smallest absolute Gasteiger partial charge is 0.243 e. The van der Waals surface area contributed by atoms with Crippen molar-refractivity contribution in [3.63, 3.8) is 0 Å². The summed E-state index contributed by atoms with van der Waals surface area (Å²) < 4.78 is 0. The molecule has 3 rings (SSSR count). The Morgan fingerprint density at radius 3 is 2.65 bits per heavy atom. The Labute approximate surface area is 202 Å². The molecule has 4 N–H and O–H groups in total. The number of para-hydroxylation sites is 1. The minimum Gasteiger partial charge on any atom is -0.372 e. The first-order chi connectivity index (χ1) is 16.4. The van der Waals surface area contributed by atoms with Gasteiger partial charge in [-0.05, 0) is 36.3 Å². The maximum Gasteiger partial charge on any atom is 0.243 e. The highest BCUT2D eigenvalue weighted by Gasteiger charge is 2.33. The zero-order chi connectivity index (χ0) is 25.5. The van der Waals surface area contributed by atoms with Crippen molar-refractivity contribution in [2.24, 2.45) is 17.6 Å². The summed E-state index contributed by atoms with van der Waals surface area (Å²) in [5.74, 6) is 0.640. The van der Waals surface area contributed by atoms with Crippen LogP contribution < -0.4 is 16.0 Å². The second-order valence-corrected chi connectivity index (χ2v) is 8.25. The van der Waals surface area contributed by atoms with Crippen molar-refractivity contribution in [2.75, 3.05) is 11.9 Å². The quantitative estimate of drug-likeness (QED) is 0.455. The molecule has 0 saturated heterocycles. The number of amides is 2. The Morgan fingerprint density at radius 2 is 2.06 bits per heavy atom. The van der Waals surface area contributed by atoms with Crippen LogP contribution in [0.5, 0.6) is 0 Å². The molecule has 0 fully saturated rings. The molecule has 34 heavy (non-hydrogen) atoms. The number of aldehydes is 1. The molecule has 3 unspecified atom stereocenters. The van der Waals surface area contributed by atoms with Crippen molar-refractivity contribution in [3.05, 3.63) is 41.2 Å². The molecule has 9 heteroatoms. The van der Waals surface area contributed by atoms with Crippen molar-refractivity contribution in [1.29, 1.82) is 0 Å². The van der Waals surface area contributed by atoms with E-state index in [9.17, 15) is 9.59 Å². The molecule has 0 radical (unpaired) electrons. The molecule has 188 valence electrons. The van der Waals surface area contributed by atoms with Crippen LogP contribution in [-0.4, -0.2) is 47.1 Å². The number of hydrogen-bond donors (Lipinski definition) is 3. The Morgan fingerprint density at radius 1 is 1.35 bits per heavy atom. The number of benzene rings is 1. The van der Waals surface area contributed by atoms with Crippen LogP contribution in [0.25, 0.3) is 0 Å². The van der Waals surface area contributed by atoms with Crippen LogP contribution in [0.2, 0.25) is 0 Å². The summed E-state index contributed by atoms with van der Waals surface area (Å²) in [6, 6.07) is 6.04. The molecule has 2 heterocycles. The zero-order valence-electron chi connectivity index (χ0n) is 21.1. The van der Waals surface area contributed by atoms with Gasteiger partial charge in [0.05, 0.1) is 12.7 Å². The van der Waals surface area contributed by atoms with Gasteiger partial charge in [-0.15, -0.1) is 0 Å². The summed E-state index contributed by atoms with van der Waals surface area (Å²) in [6.07, 6.45) is 7.39. The molecule has 0 saturated carbocycles. The molecular formula is C25H40N6O3. The number of carbonyl (C=O) groups excluding carboxylic acids is 3. The van der Waals surface area contributed by atoms with Crippen LogP contribution in [0.15, 0.2) is 24.4 Å². The lowest BCUT2D eigenvalue weighted by molar-refractivity contribution is -0.122. The molecule has 1 aromatic carbocycles. The molecule has 2 amide bonds. The van der Waals surface area contributed by atoms with E-state index in [-0.39, 0.29) is 24.3 Å². The van der Waals surface area contributed by atoms with Crippen molar-refractivity contribution in [1.82, 2.24) is 20.7 Å². The number of nitrogens with two attached hydrogens (primary N) is 1. The predicted molar refractivity (Wildman–Crippen MR) is 134 cm³/mol. The first-order valence-corrected chi connectivity index (χ1v) is 12.0. The highest BCUT2D eigenvalue weighted by atomic mass is 16.2. The number of nitrogens with one attached hydrogen (secondary N) is 2. The minimum absolute atomic E-state index is 0.0137. The lowest BCUT2D eigenvalue weighted by Gasteiger charge is -2.24. The summed E-state index contributed by atoms with van der Waals surface area (Å²) in [5, 5.41) is 13.2. The Balaban J connectivity index is 0.00000107. The van der Waals surface area contributed by atoms with E-state index in [1.54, 1.807) is 6.20 Å². The highest BCUT2D eigenvalue weighted by molar-refractivity contribution is 5.88. The van der Waals surface area contributed by atoms with Crippen LogP contribution in [0, 0.1) is 11.8 Å². The number of hydrogen-bond acceptors (Lipinski definition) is 6. The van der Waals surface area contributed by atoms with Crippen LogP contribution in [0.1, 0.15) is 63.8 Å². The van der Waals surface area contributed by atoms with Crippen molar-refractivity contribution >= 4 is 24.3 Å². The number of likely N-dealkylation sites (N-methyl/N-ethyl adjacent to an activating group) is 1. The summed E-state index contributed by atoms with van der Waals surface area (Å²) >= 11 is 0. The maximum atomic E-state index is 12.7. The van der Waals surface area contributed by atoms with Gasteiger partial charge in [0, 0.05) is 25.1 Å². The van der Waals surface area contributed by atoms with Crippen LogP contribution in [-0.2, 0) is 33.8 Å². The number of nitrogens with zero attached hydrogens (tertiary/aromatic N) is 3. The van der Waals surface area contributed by atoms with Crippen LogP contribution in [0.4, 0.5) is 5.69 Å². The summed E-state index contributed by atoms with van der Waals surface area (Å²) in [6.45, 7) is 8.73. The van der Waals surface area contributed by atoms with Crippen molar-refractivity contribution in [2.45, 2.75) is 72.4 Å². The molecule has 3 atom stereocenters. The zero-order valence-corrected chi connectivity index (χ0v) is 21.1. The topological polar surface area (TPSA) is 134 Å². The average molecular weight is 473 g/mol. The molecule has 0 aliphatic carbocycles. The fourth-order valence-corrected chi connectivity index (χ4v) is 4.11. The fourth-order valence-electron chi connectivity index (χ4n) is 4.11. The van der Waals surface area contributed by atoms with Crippen LogP contribution >= 0.6 is 0 Å². The lowest BCUT2D eigenvalue weighted by atomic mass is 9.90. The minimum atomic E-state index is -0.236. The third-order valence-corrected chi connectivity index (χ3v) is 6.03. The number of anilines is 1. The van der Waals surface area contributed by atoms with Gasteiger partial charge in [-0.2, -0.15) is 15.4 Å². The molecule has 9 nitrogen and oxygen atoms in total. The Hall–Kier alpha value is -3.23. The number of rotatable bonds is 10. The number of fused-ring (bicyclic) bond motifs is 1. The van der Waals surface area contributed by atoms with Gasteiger partial charge < -0.3 is 20.7 Å². The van der Waals surface area contributed by atoms with Gasteiger partial charge in [0.25, 0.3) is 0 Å². The second kappa shape index (κ2) is 15.6. The molecule has 1 aliphatic rings. The largest absolute Gasteiger partial charge is 0.372 e. The van der Waals surface area contributed by atoms with E-state index in [4.69, 9.17) is 4.79 Å². The first-order valence-electron chi connectivity index (χ1n) is 12.0. The van der Waals surface area contributed by atoms with Gasteiger partial charge in [0.1, 0.15) is 18.0 Å². The first kappa shape index (κ1) is 28.8. The van der Waals surface area contributed by atoms with Crippen molar-refractivity contribution in [3.8, 4) is 0 Å². The van der Waals surface area contributed by atoms with E-state index in [1.807, 2.05) is 20.9 Å². The maximum absolute atomic E-state index is 12.7. The van der Waals surface area contributed by atoms with Gasteiger partial charge in [-0.3, -0.25) is 9.59 Å². The molecule has 1 aromatic heterocycles. The fraction of sp³-hybridized carbons (Fsp3) is 0.560. The highest BCUT2D eigenvalue weighted by Crippen LogP contribution is 2.35. The van der Waals surface area contributed by atoms with Gasteiger partial charge >= 0.3 is 0 Å². The molecular weight excluding hydrogens is 432 g/mol. The van der Waals surface area contributed by atoms with E-state index in [0.717, 1.165) is 37.7 Å². The third-order valence-electron chi connectivity index (χ3n) is 6.03. The number of aromatic nitrogens is 3. The summed E-state index contributed by atoms with van der Waals surface area (Å²) in [5.41, 5.74) is 8.42. The SMILES string of the molecule is CC.CCC(C)CC(C=O)CCc1cccc2c1N(C)C(C(=O)NCc1cn[nH]n1)C2.NC=O. The summed E-state index contributed by atoms with van der Waals surface area (Å²) in [7, 11) is 1.98. The van der Waals surface area contributed by atoms with Crippen molar-refractivity contribution < 1.29 is 14.4 Å². The molecule has 2 aromatic rings. The number of H-pyrrole nitrogens is 1. The Kier molecular flexibility index (Phi) is 13.2. The summed E-state index contributed by atoms with van der Waals surface area (Å²) in [4.78, 5) is 34.9. The van der Waals surface area contributed by atoms with Gasteiger partial charge in [0.15, 0.2) is 0 Å². The number of aryl methyl sites for hydroxylation is 1. The predicted octanol–water partition coefficient (Wildman–Crippen LogP) is 2.79. The van der Waals surface area contributed by atoms with Gasteiger partial charge in [-0.1, -0.05) is 52.3 Å². The van der Waals surface area contributed by atoms with E-state index in [1.165, 1.54) is 11.1 Å². The van der Waals surface area contributed by atoms with E-state index in [2.05, 4.69) is 63.4 Å². The monoisotopic (exact) mass is 472 g/mol. The molecule has 1 aliphatic heterocycles. The standard InChI is InChI=1S/C22H31N5O2.C2H6.CH3NO/c1-4-15(2)10-16(14-28)8-9-17-6-5-7-18-11-20(27(3)21(17)18)22(29)23-12-19-13-24-26-25-19;1-2;2-1-3/h5-7,13-16,20H,4,8-12H2,1-3H3,(H,23,29)(H,24,25,26);1-2H3;1H,(H2,2,3). The van der Waals surface area contributed by atoms with Crippen LogP contribution in [0.3, 0.4) is 0 Å². The van der Waals surface area contributed by atoms with E-state index >= 15 is 0 Å². The third kappa shape index (κ3) is 8.28. The van der Waals surface area contributed by atoms with E-state index in [0.29, 0.717) is 24.6 Å². The molecule has 0 spiro atoms. The van der Waals surface area contributed by atoms with Gasteiger partial charge in [-0.25, -0.2) is 0 Å². The normalized spacial score (nSPS) is 15.6. The Bertz CT molecular complexity index is 872. The average Bonchev–Trinajstić information content (AvgIpc) is 3.50. The number of primary amides is 1. The number of carbonyl (C=O) groups is 3.